The van der Waals surface area contributed by atoms with Gasteiger partial charge in [-0.2, -0.15) is 43.9 Å². The summed E-state index contributed by atoms with van der Waals surface area (Å²) < 4.78 is 125. The van der Waals surface area contributed by atoms with Crippen molar-refractivity contribution in [3.8, 4) is 24.7 Å². The molecule has 0 saturated carbocycles. The predicted molar refractivity (Wildman–Crippen MR) is 42.4 cm³/mol. The van der Waals surface area contributed by atoms with Gasteiger partial charge >= 0.3 is 29.6 Å². The molecule has 0 N–H and O–H groups in total. The van der Waals surface area contributed by atoms with E-state index < -0.39 is 29.6 Å². The molecule has 0 aromatic carbocycles. The third-order valence-corrected chi connectivity index (χ3v) is 1.94. The molecule has 0 fully saturated rings. The summed E-state index contributed by atoms with van der Waals surface area (Å²) >= 11 is 0. The molecule has 0 aromatic heterocycles. The van der Waals surface area contributed by atoms with Gasteiger partial charge in [-0.3, -0.25) is 0 Å². The number of terminal acetylenes is 2. The van der Waals surface area contributed by atoms with Gasteiger partial charge in [0.05, 0.1) is 0 Å². The van der Waals surface area contributed by atoms with Gasteiger partial charge in [0.15, 0.2) is 0 Å². The highest BCUT2D eigenvalue weighted by atomic mass is 19.4. The number of alkyl halides is 10. The first-order valence-electron chi connectivity index (χ1n) is 3.97. The summed E-state index contributed by atoms with van der Waals surface area (Å²) in [6.07, 6.45) is 7.58. The van der Waals surface area contributed by atoms with Crippen molar-refractivity contribution in [3.63, 3.8) is 0 Å². The van der Waals surface area contributed by atoms with E-state index in [0.717, 1.165) is 0 Å². The maximum Gasteiger partial charge on any atom is 0.390 e. The second-order valence-electron chi connectivity index (χ2n) is 3.16. The van der Waals surface area contributed by atoms with Crippen LogP contribution < -0.4 is 0 Å². The van der Waals surface area contributed by atoms with Crippen molar-refractivity contribution in [1.82, 2.24) is 0 Å². The van der Waals surface area contributed by atoms with E-state index in [1.54, 1.807) is 0 Å². The average Bonchev–Trinajstić information content (AvgIpc) is 2.27. The Balaban J connectivity index is 6.05. The second-order valence-corrected chi connectivity index (χ2v) is 3.16. The second kappa shape index (κ2) is 4.22. The van der Waals surface area contributed by atoms with Crippen molar-refractivity contribution in [3.05, 3.63) is 0 Å². The Hall–Kier alpha value is -1.58. The standard InChI is InChI=1S/C9H2F10/c1-3-5(10,11)7(14,15)9(18,19)8(16,17)6(12,13)4-2/h1-2H. The zero-order valence-corrected chi connectivity index (χ0v) is 8.43. The van der Waals surface area contributed by atoms with Crippen LogP contribution in [0.25, 0.3) is 0 Å². The number of halogens is 10. The summed E-state index contributed by atoms with van der Waals surface area (Å²) in [5, 5.41) is 0. The topological polar surface area (TPSA) is 0 Å². The van der Waals surface area contributed by atoms with Crippen LogP contribution in [0.3, 0.4) is 0 Å². The van der Waals surface area contributed by atoms with Crippen LogP contribution in [-0.2, 0) is 0 Å². The fraction of sp³-hybridized carbons (Fsp3) is 0.556. The normalized spacial score (nSPS) is 14.7. The van der Waals surface area contributed by atoms with Gasteiger partial charge in [-0.05, 0) is 11.8 Å². The van der Waals surface area contributed by atoms with Gasteiger partial charge in [0, 0.05) is 0 Å². The molecule has 0 heterocycles. The lowest BCUT2D eigenvalue weighted by atomic mass is 9.95. The molecule has 19 heavy (non-hydrogen) atoms. The molecule has 10 heteroatoms. The van der Waals surface area contributed by atoms with Crippen molar-refractivity contribution >= 4 is 0 Å². The fourth-order valence-corrected chi connectivity index (χ4v) is 0.773. The Labute approximate surface area is 99.3 Å². The first-order valence-corrected chi connectivity index (χ1v) is 3.97. The van der Waals surface area contributed by atoms with Crippen molar-refractivity contribution < 1.29 is 43.9 Å². The van der Waals surface area contributed by atoms with Crippen LogP contribution in [0, 0.1) is 24.7 Å². The van der Waals surface area contributed by atoms with Crippen LogP contribution in [0.5, 0.6) is 0 Å². The van der Waals surface area contributed by atoms with E-state index in [0.29, 0.717) is 0 Å². The molecule has 0 aliphatic heterocycles. The lowest BCUT2D eigenvalue weighted by Gasteiger charge is -2.36. The molecule has 0 aliphatic carbocycles. The Bertz CT molecular complexity index is 393. The van der Waals surface area contributed by atoms with Crippen LogP contribution in [-0.4, -0.2) is 29.6 Å². The Morgan fingerprint density at radius 2 is 0.684 bits per heavy atom. The Morgan fingerprint density at radius 3 is 0.842 bits per heavy atom. The van der Waals surface area contributed by atoms with E-state index in [9.17, 15) is 43.9 Å². The van der Waals surface area contributed by atoms with Crippen LogP contribution in [0.1, 0.15) is 0 Å². The third-order valence-electron chi connectivity index (χ3n) is 1.94. The molecule has 0 atom stereocenters. The first-order chi connectivity index (χ1) is 8.12. The summed E-state index contributed by atoms with van der Waals surface area (Å²) in [5.74, 6) is -33.6. The summed E-state index contributed by atoms with van der Waals surface area (Å²) in [4.78, 5) is 0. The predicted octanol–water partition coefficient (Wildman–Crippen LogP) is 3.43. The summed E-state index contributed by atoms with van der Waals surface area (Å²) in [6.45, 7) is 0. The fourth-order valence-electron chi connectivity index (χ4n) is 0.773. The van der Waals surface area contributed by atoms with Crippen LogP contribution in [0.15, 0.2) is 0 Å². The number of hydrogen-bond donors (Lipinski definition) is 0. The molecule has 0 bridgehead atoms. The van der Waals surface area contributed by atoms with Gasteiger partial charge in [-0.25, -0.2) is 0 Å². The van der Waals surface area contributed by atoms with Crippen LogP contribution in [0.4, 0.5) is 43.9 Å². The largest absolute Gasteiger partial charge is 0.390 e. The van der Waals surface area contributed by atoms with Crippen molar-refractivity contribution in [2.45, 2.75) is 29.6 Å². The van der Waals surface area contributed by atoms with Gasteiger partial charge in [0.25, 0.3) is 0 Å². The molecule has 0 spiro atoms. The van der Waals surface area contributed by atoms with Gasteiger partial charge in [0.1, 0.15) is 0 Å². The molecule has 0 saturated heterocycles. The minimum Gasteiger partial charge on any atom is -0.192 e. The Morgan fingerprint density at radius 1 is 0.474 bits per heavy atom. The minimum absolute atomic E-state index is 0.164. The van der Waals surface area contributed by atoms with Crippen LogP contribution in [0.2, 0.25) is 0 Å². The van der Waals surface area contributed by atoms with Gasteiger partial charge in [-0.1, -0.05) is 0 Å². The highest BCUT2D eigenvalue weighted by Gasteiger charge is 2.86. The highest BCUT2D eigenvalue weighted by Crippen LogP contribution is 2.56. The monoisotopic (exact) mass is 300 g/mol. The summed E-state index contributed by atoms with van der Waals surface area (Å²) in [6, 6.07) is 0. The van der Waals surface area contributed by atoms with E-state index in [1.165, 1.54) is 0 Å². The molecular weight excluding hydrogens is 298 g/mol. The lowest BCUT2D eigenvalue weighted by molar-refractivity contribution is -0.384. The quantitative estimate of drug-likeness (QED) is 0.551. The molecular formula is C9H2F10. The van der Waals surface area contributed by atoms with Gasteiger partial charge < -0.3 is 0 Å². The van der Waals surface area contributed by atoms with Crippen molar-refractivity contribution in [2.75, 3.05) is 0 Å². The van der Waals surface area contributed by atoms with E-state index in [-0.39, 0.29) is 11.8 Å². The molecule has 0 radical (unpaired) electrons. The van der Waals surface area contributed by atoms with E-state index in [1.807, 2.05) is 0 Å². The van der Waals surface area contributed by atoms with Gasteiger partial charge in [-0.15, -0.1) is 12.8 Å². The van der Waals surface area contributed by atoms with Gasteiger partial charge in [0.2, 0.25) is 0 Å². The zero-order chi connectivity index (χ0) is 15.9. The maximum atomic E-state index is 12.7. The molecule has 0 rings (SSSR count). The molecule has 0 aromatic rings. The summed E-state index contributed by atoms with van der Waals surface area (Å²) in [5.41, 5.74) is 0. The third kappa shape index (κ3) is 2.09. The first kappa shape index (κ1) is 17.4. The minimum atomic E-state index is -7.19. The smallest absolute Gasteiger partial charge is 0.192 e. The molecule has 0 amide bonds. The van der Waals surface area contributed by atoms with Crippen LogP contribution >= 0.6 is 0 Å². The summed E-state index contributed by atoms with van der Waals surface area (Å²) in [7, 11) is 0. The highest BCUT2D eigenvalue weighted by molar-refractivity contribution is 5.21. The number of hydrogen-bond acceptors (Lipinski definition) is 0. The molecule has 108 valence electrons. The molecule has 0 aliphatic rings. The van der Waals surface area contributed by atoms with E-state index in [2.05, 4.69) is 12.8 Å². The average molecular weight is 300 g/mol. The Kier molecular flexibility index (Phi) is 3.87. The van der Waals surface area contributed by atoms with Crippen molar-refractivity contribution in [1.29, 1.82) is 0 Å². The number of rotatable bonds is 4. The van der Waals surface area contributed by atoms with Crippen molar-refractivity contribution in [2.24, 2.45) is 0 Å². The molecule has 0 nitrogen and oxygen atoms in total. The van der Waals surface area contributed by atoms with E-state index >= 15 is 0 Å². The van der Waals surface area contributed by atoms with E-state index in [4.69, 9.17) is 0 Å². The zero-order valence-electron chi connectivity index (χ0n) is 8.43. The SMILES string of the molecule is C#CC(F)(F)C(F)(F)C(F)(F)C(F)(F)C(F)(F)C#C. The molecule has 0 unspecified atom stereocenters. The lowest BCUT2D eigenvalue weighted by Crippen LogP contribution is -2.66. The maximum absolute atomic E-state index is 12.7.